The van der Waals surface area contributed by atoms with E-state index in [1.165, 1.54) is 6.07 Å². The first kappa shape index (κ1) is 19.7. The van der Waals surface area contributed by atoms with Crippen LogP contribution in [0.2, 0.25) is 0 Å². The Labute approximate surface area is 167 Å². The lowest BCUT2D eigenvalue weighted by atomic mass is 10.1. The van der Waals surface area contributed by atoms with Gasteiger partial charge in [0.05, 0.1) is 12.1 Å². The first-order valence-electron chi connectivity index (χ1n) is 9.60. The minimum atomic E-state index is -4.32. The lowest BCUT2D eigenvalue weighted by Crippen LogP contribution is -2.45. The Morgan fingerprint density at radius 2 is 1.45 bits per heavy atom. The molecule has 0 atom stereocenters. The van der Waals surface area contributed by atoms with Crippen LogP contribution >= 0.6 is 0 Å². The molecule has 7 heteroatoms. The number of rotatable bonds is 5. The molecule has 0 aliphatic carbocycles. The smallest absolute Gasteiger partial charge is 0.359 e. The summed E-state index contributed by atoms with van der Waals surface area (Å²) < 4.78 is 45.0. The predicted molar refractivity (Wildman–Crippen MR) is 104 cm³/mol. The maximum atomic E-state index is 13.2. The quantitative estimate of drug-likeness (QED) is 0.622. The summed E-state index contributed by atoms with van der Waals surface area (Å²) in [6, 6.07) is 17.6. The SMILES string of the molecule is FC(F)(F)c1ccccc1CN1CCN(Cc2cc(-c3ccccc3)no2)CC1. The molecule has 0 N–H and O–H groups in total. The van der Waals surface area contributed by atoms with Crippen LogP contribution in [0.1, 0.15) is 16.9 Å². The van der Waals surface area contributed by atoms with E-state index in [-0.39, 0.29) is 0 Å². The van der Waals surface area contributed by atoms with Crippen molar-refractivity contribution >= 4 is 0 Å². The van der Waals surface area contributed by atoms with Gasteiger partial charge in [-0.3, -0.25) is 9.80 Å². The molecule has 4 nitrogen and oxygen atoms in total. The molecule has 1 aliphatic heterocycles. The summed E-state index contributed by atoms with van der Waals surface area (Å²) in [7, 11) is 0. The molecule has 1 saturated heterocycles. The molecule has 0 unspecified atom stereocenters. The highest BCUT2D eigenvalue weighted by molar-refractivity contribution is 5.58. The first-order valence-corrected chi connectivity index (χ1v) is 9.60. The van der Waals surface area contributed by atoms with E-state index in [1.807, 2.05) is 36.4 Å². The van der Waals surface area contributed by atoms with Crippen LogP contribution in [-0.4, -0.2) is 41.1 Å². The van der Waals surface area contributed by atoms with Crippen LogP contribution in [0.25, 0.3) is 11.3 Å². The van der Waals surface area contributed by atoms with Crippen molar-refractivity contribution in [3.63, 3.8) is 0 Å². The van der Waals surface area contributed by atoms with Crippen LogP contribution in [-0.2, 0) is 19.3 Å². The van der Waals surface area contributed by atoms with Crippen LogP contribution in [0.3, 0.4) is 0 Å². The molecule has 1 fully saturated rings. The lowest BCUT2D eigenvalue weighted by molar-refractivity contribution is -0.138. The highest BCUT2D eigenvalue weighted by Crippen LogP contribution is 2.32. The van der Waals surface area contributed by atoms with Crippen molar-refractivity contribution in [3.05, 3.63) is 77.6 Å². The Balaban J connectivity index is 1.32. The standard InChI is InChI=1S/C22H22F3N3O/c23-22(24,25)20-9-5-4-8-18(20)15-27-10-12-28(13-11-27)16-19-14-21(26-29-19)17-6-2-1-3-7-17/h1-9,14H,10-13,15-16H2. The van der Waals surface area contributed by atoms with E-state index in [0.717, 1.165) is 36.2 Å². The van der Waals surface area contributed by atoms with E-state index in [9.17, 15) is 13.2 Å². The second kappa shape index (κ2) is 8.39. The summed E-state index contributed by atoms with van der Waals surface area (Å²) >= 11 is 0. The molecule has 2 aromatic carbocycles. The molecule has 0 radical (unpaired) electrons. The van der Waals surface area contributed by atoms with Gasteiger partial charge in [0, 0.05) is 44.4 Å². The molecule has 2 heterocycles. The van der Waals surface area contributed by atoms with Gasteiger partial charge in [-0.05, 0) is 11.6 Å². The molecule has 0 amide bonds. The van der Waals surface area contributed by atoms with Gasteiger partial charge in [-0.2, -0.15) is 13.2 Å². The number of hydrogen-bond donors (Lipinski definition) is 0. The average Bonchev–Trinajstić information content (AvgIpc) is 3.18. The highest BCUT2D eigenvalue weighted by Gasteiger charge is 2.33. The molecule has 0 spiro atoms. The van der Waals surface area contributed by atoms with Gasteiger partial charge in [-0.15, -0.1) is 0 Å². The van der Waals surface area contributed by atoms with Crippen molar-refractivity contribution in [2.75, 3.05) is 26.2 Å². The topological polar surface area (TPSA) is 32.5 Å². The van der Waals surface area contributed by atoms with Gasteiger partial charge < -0.3 is 4.52 Å². The normalized spacial score (nSPS) is 16.2. The number of nitrogens with zero attached hydrogens (tertiary/aromatic N) is 3. The van der Waals surface area contributed by atoms with Crippen LogP contribution in [0, 0.1) is 0 Å². The number of benzene rings is 2. The molecule has 152 valence electrons. The Hall–Kier alpha value is -2.64. The Kier molecular flexibility index (Phi) is 5.69. The van der Waals surface area contributed by atoms with E-state index in [2.05, 4.69) is 15.0 Å². The van der Waals surface area contributed by atoms with Crippen molar-refractivity contribution in [3.8, 4) is 11.3 Å². The molecule has 0 saturated carbocycles. The highest BCUT2D eigenvalue weighted by atomic mass is 19.4. The van der Waals surface area contributed by atoms with Crippen LogP contribution < -0.4 is 0 Å². The number of hydrogen-bond acceptors (Lipinski definition) is 4. The van der Waals surface area contributed by atoms with Gasteiger partial charge in [0.2, 0.25) is 0 Å². The minimum absolute atomic E-state index is 0.310. The van der Waals surface area contributed by atoms with Crippen molar-refractivity contribution in [1.82, 2.24) is 15.0 Å². The molecular formula is C22H22F3N3O. The largest absolute Gasteiger partial charge is 0.416 e. The Bertz CT molecular complexity index is 932. The third-order valence-electron chi connectivity index (χ3n) is 5.19. The van der Waals surface area contributed by atoms with E-state index >= 15 is 0 Å². The molecule has 4 rings (SSSR count). The van der Waals surface area contributed by atoms with Gasteiger partial charge >= 0.3 is 6.18 Å². The summed E-state index contributed by atoms with van der Waals surface area (Å²) in [6.45, 7) is 3.93. The molecule has 1 aromatic heterocycles. The third kappa shape index (κ3) is 4.86. The Morgan fingerprint density at radius 1 is 0.828 bits per heavy atom. The van der Waals surface area contributed by atoms with Gasteiger partial charge in [0.1, 0.15) is 5.69 Å². The monoisotopic (exact) mass is 401 g/mol. The molecular weight excluding hydrogens is 379 g/mol. The summed E-state index contributed by atoms with van der Waals surface area (Å²) in [5, 5.41) is 4.14. The molecule has 0 bridgehead atoms. The number of aromatic nitrogens is 1. The second-order valence-corrected chi connectivity index (χ2v) is 7.25. The van der Waals surface area contributed by atoms with Gasteiger partial charge in [0.15, 0.2) is 5.76 Å². The van der Waals surface area contributed by atoms with Crippen molar-refractivity contribution in [2.24, 2.45) is 0 Å². The molecule has 29 heavy (non-hydrogen) atoms. The number of piperazine rings is 1. The minimum Gasteiger partial charge on any atom is -0.359 e. The predicted octanol–water partition coefficient (Wildman–Crippen LogP) is 4.68. The third-order valence-corrected chi connectivity index (χ3v) is 5.19. The second-order valence-electron chi connectivity index (χ2n) is 7.25. The zero-order valence-corrected chi connectivity index (χ0v) is 15.9. The number of alkyl halides is 3. The first-order chi connectivity index (χ1) is 14.0. The lowest BCUT2D eigenvalue weighted by Gasteiger charge is -2.34. The van der Waals surface area contributed by atoms with Crippen LogP contribution in [0.5, 0.6) is 0 Å². The summed E-state index contributed by atoms with van der Waals surface area (Å²) in [5.41, 5.74) is 1.60. The maximum Gasteiger partial charge on any atom is 0.416 e. The zero-order chi connectivity index (χ0) is 20.3. The fraction of sp³-hybridized carbons (Fsp3) is 0.318. The zero-order valence-electron chi connectivity index (χ0n) is 15.9. The Morgan fingerprint density at radius 3 is 2.14 bits per heavy atom. The van der Waals surface area contributed by atoms with Gasteiger partial charge in [0.25, 0.3) is 0 Å². The van der Waals surface area contributed by atoms with Crippen LogP contribution in [0.4, 0.5) is 13.2 Å². The molecule has 3 aromatic rings. The fourth-order valence-electron chi connectivity index (χ4n) is 3.63. The molecule has 1 aliphatic rings. The van der Waals surface area contributed by atoms with Crippen molar-refractivity contribution in [2.45, 2.75) is 19.3 Å². The van der Waals surface area contributed by atoms with Gasteiger partial charge in [-0.1, -0.05) is 53.7 Å². The summed E-state index contributed by atoms with van der Waals surface area (Å²) in [4.78, 5) is 4.30. The van der Waals surface area contributed by atoms with Gasteiger partial charge in [-0.25, -0.2) is 0 Å². The van der Waals surface area contributed by atoms with Crippen molar-refractivity contribution in [1.29, 1.82) is 0 Å². The maximum absolute atomic E-state index is 13.2. The summed E-state index contributed by atoms with van der Waals surface area (Å²) in [5.74, 6) is 0.791. The van der Waals surface area contributed by atoms with Crippen molar-refractivity contribution < 1.29 is 17.7 Å². The van der Waals surface area contributed by atoms with Crippen LogP contribution in [0.15, 0.2) is 65.2 Å². The van der Waals surface area contributed by atoms with E-state index in [0.29, 0.717) is 31.7 Å². The fourth-order valence-corrected chi connectivity index (χ4v) is 3.63. The van der Waals surface area contributed by atoms with E-state index < -0.39 is 11.7 Å². The number of halogens is 3. The van der Waals surface area contributed by atoms with E-state index in [4.69, 9.17) is 4.52 Å². The summed E-state index contributed by atoms with van der Waals surface area (Å²) in [6.07, 6.45) is -4.32. The van der Waals surface area contributed by atoms with E-state index in [1.54, 1.807) is 12.1 Å². The average molecular weight is 401 g/mol.